The maximum Gasteiger partial charge on any atom is 0.418 e. The summed E-state index contributed by atoms with van der Waals surface area (Å²) in [7, 11) is 2.76. The van der Waals surface area contributed by atoms with Crippen molar-refractivity contribution in [1.82, 2.24) is 0 Å². The number of hydrogen-bond donors (Lipinski definition) is 1. The topological polar surface area (TPSA) is 56.8 Å². The molecular formula is C17H13ClF3NO4. The van der Waals surface area contributed by atoms with Crippen molar-refractivity contribution < 1.29 is 32.2 Å². The van der Waals surface area contributed by atoms with Gasteiger partial charge in [0.1, 0.15) is 5.56 Å². The predicted octanol–water partition coefficient (Wildman–Crippen LogP) is 4.66. The molecule has 0 radical (unpaired) electrons. The molecule has 1 atom stereocenters. The molecule has 0 saturated heterocycles. The highest BCUT2D eigenvalue weighted by Crippen LogP contribution is 2.44. The number of rotatable bonds is 4. The summed E-state index contributed by atoms with van der Waals surface area (Å²) >= 11 is 5.67. The number of anilines is 1. The molecule has 1 N–H and O–H groups in total. The van der Waals surface area contributed by atoms with Gasteiger partial charge in [-0.25, -0.2) is 4.79 Å². The predicted molar refractivity (Wildman–Crippen MR) is 87.8 cm³/mol. The van der Waals surface area contributed by atoms with Crippen LogP contribution in [-0.4, -0.2) is 20.2 Å². The minimum Gasteiger partial charge on any atom is -0.493 e. The Morgan fingerprint density at radius 1 is 1.15 bits per heavy atom. The van der Waals surface area contributed by atoms with Crippen LogP contribution in [0.2, 0.25) is 5.02 Å². The number of benzene rings is 2. The molecule has 0 unspecified atom stereocenters. The summed E-state index contributed by atoms with van der Waals surface area (Å²) in [4.78, 5) is 12.2. The summed E-state index contributed by atoms with van der Waals surface area (Å²) in [5.41, 5.74) is -0.778. The normalized spacial score (nSPS) is 16.1. The Bertz CT molecular complexity index is 870. The zero-order valence-electron chi connectivity index (χ0n) is 13.6. The summed E-state index contributed by atoms with van der Waals surface area (Å²) in [5.74, 6) is -0.256. The van der Waals surface area contributed by atoms with E-state index in [-0.39, 0.29) is 22.0 Å². The first-order valence-corrected chi connectivity index (χ1v) is 7.73. The second kappa shape index (κ2) is 6.60. The monoisotopic (exact) mass is 387 g/mol. The van der Waals surface area contributed by atoms with E-state index in [1.54, 1.807) is 6.07 Å². The zero-order chi connectivity index (χ0) is 19.1. The number of nitrogens with one attached hydrogen (secondary N) is 1. The maximum absolute atomic E-state index is 13.2. The van der Waals surface area contributed by atoms with Gasteiger partial charge in [0.2, 0.25) is 6.23 Å². The van der Waals surface area contributed by atoms with Crippen molar-refractivity contribution in [2.24, 2.45) is 0 Å². The van der Waals surface area contributed by atoms with Crippen LogP contribution in [0.5, 0.6) is 11.5 Å². The van der Waals surface area contributed by atoms with E-state index in [1.165, 1.54) is 32.4 Å². The molecule has 3 rings (SSSR count). The summed E-state index contributed by atoms with van der Waals surface area (Å²) < 4.78 is 55.3. The lowest BCUT2D eigenvalue weighted by molar-refractivity contribution is -0.137. The number of halogens is 4. The van der Waals surface area contributed by atoms with E-state index in [2.05, 4.69) is 5.32 Å². The molecule has 0 fully saturated rings. The van der Waals surface area contributed by atoms with E-state index in [0.29, 0.717) is 11.3 Å². The molecule has 0 aliphatic carbocycles. The first-order chi connectivity index (χ1) is 12.3. The number of hydrogen-bond acceptors (Lipinski definition) is 5. The molecule has 0 spiro atoms. The Labute approximate surface area is 151 Å². The zero-order valence-corrected chi connectivity index (χ0v) is 14.4. The maximum atomic E-state index is 13.2. The van der Waals surface area contributed by atoms with Crippen molar-refractivity contribution in [1.29, 1.82) is 0 Å². The molecule has 0 amide bonds. The molecule has 5 nitrogen and oxygen atoms in total. The SMILES string of the molecule is COc1ccc2c(c1OC)C(=O)O[C@H]2Nc1ccc(Cl)cc1C(F)(F)F. The number of ether oxygens (including phenoxy) is 3. The van der Waals surface area contributed by atoms with Gasteiger partial charge in [0.15, 0.2) is 11.5 Å². The lowest BCUT2D eigenvalue weighted by Crippen LogP contribution is -2.15. The standard InChI is InChI=1S/C17H13ClF3NO4/c1-24-12-6-4-9-13(14(12)25-2)16(23)26-15(9)22-11-5-3-8(18)7-10(11)17(19,20)21/h3-7,15,22H,1-2H3/t15-/m1/s1. The van der Waals surface area contributed by atoms with Crippen LogP contribution in [0.3, 0.4) is 0 Å². The first-order valence-electron chi connectivity index (χ1n) is 7.35. The molecule has 0 saturated carbocycles. The van der Waals surface area contributed by atoms with Crippen LogP contribution < -0.4 is 14.8 Å². The Kier molecular flexibility index (Phi) is 4.62. The van der Waals surface area contributed by atoms with Gasteiger partial charge in [-0.2, -0.15) is 13.2 Å². The van der Waals surface area contributed by atoms with Crippen molar-refractivity contribution >= 4 is 23.3 Å². The summed E-state index contributed by atoms with van der Waals surface area (Å²) in [6.45, 7) is 0. The fourth-order valence-corrected chi connectivity index (χ4v) is 2.90. The van der Waals surface area contributed by atoms with E-state index in [4.69, 9.17) is 25.8 Å². The molecule has 1 aliphatic heterocycles. The third-order valence-corrected chi connectivity index (χ3v) is 4.10. The number of carbonyl (C=O) groups excluding carboxylic acids is 1. The number of alkyl halides is 3. The van der Waals surface area contributed by atoms with Crippen molar-refractivity contribution in [2.75, 3.05) is 19.5 Å². The van der Waals surface area contributed by atoms with Crippen LogP contribution in [0.4, 0.5) is 18.9 Å². The van der Waals surface area contributed by atoms with Gasteiger partial charge in [-0.05, 0) is 30.3 Å². The molecule has 1 aliphatic rings. The van der Waals surface area contributed by atoms with Crippen molar-refractivity contribution in [3.63, 3.8) is 0 Å². The minimum atomic E-state index is -4.63. The third-order valence-electron chi connectivity index (χ3n) is 3.86. The van der Waals surface area contributed by atoms with E-state index in [1.807, 2.05) is 0 Å². The molecule has 26 heavy (non-hydrogen) atoms. The highest BCUT2D eigenvalue weighted by molar-refractivity contribution is 6.30. The molecule has 138 valence electrons. The molecule has 9 heteroatoms. The fraction of sp³-hybridized carbons (Fsp3) is 0.235. The Balaban J connectivity index is 2.02. The third kappa shape index (κ3) is 3.12. The smallest absolute Gasteiger partial charge is 0.418 e. The van der Waals surface area contributed by atoms with Crippen LogP contribution >= 0.6 is 11.6 Å². The summed E-state index contributed by atoms with van der Waals surface area (Å²) in [6.07, 6.45) is -5.74. The summed E-state index contributed by atoms with van der Waals surface area (Å²) in [5, 5.41) is 2.54. The summed E-state index contributed by atoms with van der Waals surface area (Å²) in [6, 6.07) is 6.36. The van der Waals surface area contributed by atoms with E-state index in [0.717, 1.165) is 6.07 Å². The second-order valence-corrected chi connectivity index (χ2v) is 5.82. The molecule has 1 heterocycles. The van der Waals surface area contributed by atoms with Crippen LogP contribution in [0.1, 0.15) is 27.7 Å². The van der Waals surface area contributed by atoms with Crippen LogP contribution in [0.15, 0.2) is 30.3 Å². The van der Waals surface area contributed by atoms with E-state index in [9.17, 15) is 18.0 Å². The lowest BCUT2D eigenvalue weighted by Gasteiger charge is -2.19. The fourth-order valence-electron chi connectivity index (χ4n) is 2.73. The highest BCUT2D eigenvalue weighted by Gasteiger charge is 2.38. The highest BCUT2D eigenvalue weighted by atomic mass is 35.5. The first kappa shape index (κ1) is 18.2. The van der Waals surface area contributed by atoms with Crippen molar-refractivity contribution in [3.8, 4) is 11.5 Å². The average molecular weight is 388 g/mol. The molecular weight excluding hydrogens is 375 g/mol. The van der Waals surface area contributed by atoms with Crippen molar-refractivity contribution in [2.45, 2.75) is 12.4 Å². The van der Waals surface area contributed by atoms with Crippen LogP contribution in [-0.2, 0) is 10.9 Å². The quantitative estimate of drug-likeness (QED) is 0.773. The number of carbonyl (C=O) groups is 1. The van der Waals surface area contributed by atoms with Crippen LogP contribution in [0.25, 0.3) is 0 Å². The van der Waals surface area contributed by atoms with Gasteiger partial charge in [0.05, 0.1) is 19.8 Å². The molecule has 0 bridgehead atoms. The van der Waals surface area contributed by atoms with E-state index >= 15 is 0 Å². The van der Waals surface area contributed by atoms with Gasteiger partial charge in [0.25, 0.3) is 0 Å². The number of esters is 1. The van der Waals surface area contributed by atoms with Gasteiger partial charge in [0, 0.05) is 16.3 Å². The average Bonchev–Trinajstić information content (AvgIpc) is 2.90. The molecule has 2 aromatic carbocycles. The number of cyclic esters (lactones) is 1. The Morgan fingerprint density at radius 2 is 1.88 bits per heavy atom. The van der Waals surface area contributed by atoms with Gasteiger partial charge in [-0.3, -0.25) is 0 Å². The Morgan fingerprint density at radius 3 is 2.50 bits per heavy atom. The number of methoxy groups -OCH3 is 2. The molecule has 0 aromatic heterocycles. The van der Waals surface area contributed by atoms with Gasteiger partial charge >= 0.3 is 12.1 Å². The molecule has 2 aromatic rings. The Hall–Kier alpha value is -2.61. The second-order valence-electron chi connectivity index (χ2n) is 5.38. The number of fused-ring (bicyclic) bond motifs is 1. The van der Waals surface area contributed by atoms with Crippen LogP contribution in [0, 0.1) is 0 Å². The van der Waals surface area contributed by atoms with E-state index < -0.39 is 23.9 Å². The van der Waals surface area contributed by atoms with Gasteiger partial charge in [-0.1, -0.05) is 11.6 Å². The van der Waals surface area contributed by atoms with Crippen molar-refractivity contribution in [3.05, 3.63) is 52.0 Å². The van der Waals surface area contributed by atoms with Gasteiger partial charge in [-0.15, -0.1) is 0 Å². The lowest BCUT2D eigenvalue weighted by atomic mass is 10.1. The largest absolute Gasteiger partial charge is 0.493 e. The minimum absolute atomic E-state index is 0.0573. The van der Waals surface area contributed by atoms with Gasteiger partial charge < -0.3 is 19.5 Å².